The normalized spacial score (nSPS) is 14.1. The highest BCUT2D eigenvalue weighted by molar-refractivity contribution is 5.69. The van der Waals surface area contributed by atoms with Crippen LogP contribution in [0.3, 0.4) is 0 Å². The molecule has 0 aliphatic heterocycles. The van der Waals surface area contributed by atoms with Gasteiger partial charge in [-0.3, -0.25) is 4.79 Å². The van der Waals surface area contributed by atoms with Crippen LogP contribution >= 0.6 is 0 Å². The molecule has 0 heterocycles. The van der Waals surface area contributed by atoms with Crippen molar-refractivity contribution in [2.75, 3.05) is 20.6 Å². The Morgan fingerprint density at radius 3 is 2.20 bits per heavy atom. The smallest absolute Gasteiger partial charge is 0.307 e. The van der Waals surface area contributed by atoms with Gasteiger partial charge in [0.25, 0.3) is 0 Å². The van der Waals surface area contributed by atoms with Crippen LogP contribution in [0.15, 0.2) is 0 Å². The maximum Gasteiger partial charge on any atom is 0.307 e. The third kappa shape index (κ3) is 6.50. The highest BCUT2D eigenvalue weighted by Gasteiger charge is 2.26. The quantitative estimate of drug-likeness (QED) is 0.659. The summed E-state index contributed by atoms with van der Waals surface area (Å²) in [6, 6.07) is 0. The van der Waals surface area contributed by atoms with E-state index in [1.54, 1.807) is 0 Å². The van der Waals surface area contributed by atoms with Crippen molar-refractivity contribution in [1.82, 2.24) is 4.90 Å². The summed E-state index contributed by atoms with van der Waals surface area (Å²) in [5.74, 6) is -0.0922. The van der Waals surface area contributed by atoms with Crippen molar-refractivity contribution in [2.45, 2.75) is 46.6 Å². The van der Waals surface area contributed by atoms with Gasteiger partial charge in [0.1, 0.15) is 6.10 Å². The van der Waals surface area contributed by atoms with E-state index < -0.39 is 0 Å². The number of carbonyl (C=O) groups excluding carboxylic acids is 1. The molecule has 0 N–H and O–H groups in total. The van der Waals surface area contributed by atoms with Crippen LogP contribution in [0.4, 0.5) is 0 Å². The fraction of sp³-hybridized carbons (Fsp3) is 0.917. The number of hydrogen-bond acceptors (Lipinski definition) is 3. The van der Waals surface area contributed by atoms with Crippen LogP contribution < -0.4 is 0 Å². The SMILES string of the molecule is CCC(OC(=O)CCN(C)C)C(C)(C)C. The second-order valence-corrected chi connectivity index (χ2v) is 5.31. The fourth-order valence-electron chi connectivity index (χ4n) is 1.40. The first-order valence-electron chi connectivity index (χ1n) is 5.61. The van der Waals surface area contributed by atoms with Gasteiger partial charge < -0.3 is 9.64 Å². The van der Waals surface area contributed by atoms with Crippen molar-refractivity contribution < 1.29 is 9.53 Å². The molecule has 0 aromatic rings. The minimum absolute atomic E-state index is 0.0205. The van der Waals surface area contributed by atoms with Crippen LogP contribution in [0, 0.1) is 5.41 Å². The van der Waals surface area contributed by atoms with Gasteiger partial charge in [-0.25, -0.2) is 0 Å². The molecule has 0 fully saturated rings. The number of carbonyl (C=O) groups is 1. The van der Waals surface area contributed by atoms with Crippen molar-refractivity contribution in [1.29, 1.82) is 0 Å². The lowest BCUT2D eigenvalue weighted by Crippen LogP contribution is -2.32. The third-order valence-electron chi connectivity index (χ3n) is 2.37. The summed E-state index contributed by atoms with van der Waals surface area (Å²) in [4.78, 5) is 13.5. The second kappa shape index (κ2) is 6.11. The molecule has 0 spiro atoms. The van der Waals surface area contributed by atoms with Crippen LogP contribution in [0.25, 0.3) is 0 Å². The first kappa shape index (κ1) is 14.4. The molecule has 15 heavy (non-hydrogen) atoms. The van der Waals surface area contributed by atoms with Crippen LogP contribution in [0.2, 0.25) is 0 Å². The van der Waals surface area contributed by atoms with Crippen LogP contribution in [0.1, 0.15) is 40.5 Å². The summed E-state index contributed by atoms with van der Waals surface area (Å²) in [5, 5.41) is 0. The lowest BCUT2D eigenvalue weighted by molar-refractivity contribution is -0.155. The number of ether oxygens (including phenoxy) is 1. The number of rotatable bonds is 5. The Kier molecular flexibility index (Phi) is 5.88. The van der Waals surface area contributed by atoms with Gasteiger partial charge in [0.05, 0.1) is 6.42 Å². The third-order valence-corrected chi connectivity index (χ3v) is 2.37. The minimum atomic E-state index is -0.0922. The van der Waals surface area contributed by atoms with Crippen molar-refractivity contribution in [3.05, 3.63) is 0 Å². The Morgan fingerprint density at radius 1 is 1.33 bits per heavy atom. The summed E-state index contributed by atoms with van der Waals surface area (Å²) < 4.78 is 5.45. The zero-order valence-corrected chi connectivity index (χ0v) is 11.0. The van der Waals surface area contributed by atoms with Crippen molar-refractivity contribution in [3.63, 3.8) is 0 Å². The van der Waals surface area contributed by atoms with Gasteiger partial charge in [-0.2, -0.15) is 0 Å². The molecule has 0 radical (unpaired) electrons. The summed E-state index contributed by atoms with van der Waals surface area (Å²) in [6.45, 7) is 9.09. The monoisotopic (exact) mass is 215 g/mol. The van der Waals surface area contributed by atoms with Gasteiger partial charge in [0.2, 0.25) is 0 Å². The maximum atomic E-state index is 11.5. The van der Waals surface area contributed by atoms with E-state index in [1.807, 2.05) is 19.0 Å². The second-order valence-electron chi connectivity index (χ2n) is 5.31. The van der Waals surface area contributed by atoms with E-state index in [9.17, 15) is 4.79 Å². The molecule has 0 saturated carbocycles. The van der Waals surface area contributed by atoms with Gasteiger partial charge >= 0.3 is 5.97 Å². The molecule has 0 aromatic carbocycles. The highest BCUT2D eigenvalue weighted by Crippen LogP contribution is 2.24. The average Bonchev–Trinajstić information content (AvgIpc) is 2.08. The highest BCUT2D eigenvalue weighted by atomic mass is 16.5. The molecular weight excluding hydrogens is 190 g/mol. The number of esters is 1. The number of nitrogens with zero attached hydrogens (tertiary/aromatic N) is 1. The predicted octanol–water partition coefficient (Wildman–Crippen LogP) is 2.31. The van der Waals surface area contributed by atoms with Gasteiger partial charge in [-0.05, 0) is 25.9 Å². The summed E-state index contributed by atoms with van der Waals surface area (Å²) >= 11 is 0. The van der Waals surface area contributed by atoms with E-state index in [1.165, 1.54) is 0 Å². The molecule has 1 unspecified atom stereocenters. The standard InChI is InChI=1S/C12H25NO2/c1-7-10(12(2,3)4)15-11(14)8-9-13(5)6/h10H,7-9H2,1-6H3. The van der Waals surface area contributed by atoms with Gasteiger partial charge in [-0.15, -0.1) is 0 Å². The molecule has 3 heteroatoms. The van der Waals surface area contributed by atoms with Crippen molar-refractivity contribution >= 4 is 5.97 Å². The van der Waals surface area contributed by atoms with Crippen molar-refractivity contribution in [3.8, 4) is 0 Å². The first-order valence-corrected chi connectivity index (χ1v) is 5.61. The largest absolute Gasteiger partial charge is 0.462 e. The molecule has 0 aliphatic carbocycles. The summed E-state index contributed by atoms with van der Waals surface area (Å²) in [7, 11) is 3.91. The molecule has 1 atom stereocenters. The van der Waals surface area contributed by atoms with E-state index in [4.69, 9.17) is 4.74 Å². The van der Waals surface area contributed by atoms with E-state index in [2.05, 4.69) is 27.7 Å². The van der Waals surface area contributed by atoms with Crippen molar-refractivity contribution in [2.24, 2.45) is 5.41 Å². The lowest BCUT2D eigenvalue weighted by atomic mass is 9.87. The number of hydrogen-bond donors (Lipinski definition) is 0. The molecule has 90 valence electrons. The lowest BCUT2D eigenvalue weighted by Gasteiger charge is -2.29. The van der Waals surface area contributed by atoms with Crippen LogP contribution in [-0.2, 0) is 9.53 Å². The molecular formula is C12H25NO2. The zero-order chi connectivity index (χ0) is 12.1. The fourth-order valence-corrected chi connectivity index (χ4v) is 1.40. The predicted molar refractivity (Wildman–Crippen MR) is 62.8 cm³/mol. The van der Waals surface area contributed by atoms with E-state index in [0.29, 0.717) is 6.42 Å². The topological polar surface area (TPSA) is 29.5 Å². The van der Waals surface area contributed by atoms with E-state index in [0.717, 1.165) is 13.0 Å². The summed E-state index contributed by atoms with van der Waals surface area (Å²) in [5.41, 5.74) is 0.0303. The zero-order valence-electron chi connectivity index (χ0n) is 11.0. The Morgan fingerprint density at radius 2 is 1.87 bits per heavy atom. The Bertz CT molecular complexity index is 194. The Balaban J connectivity index is 4.03. The average molecular weight is 215 g/mol. The summed E-state index contributed by atoms with van der Waals surface area (Å²) in [6.07, 6.45) is 1.36. The van der Waals surface area contributed by atoms with Gasteiger partial charge in [-0.1, -0.05) is 27.7 Å². The van der Waals surface area contributed by atoms with Gasteiger partial charge in [0, 0.05) is 6.54 Å². The van der Waals surface area contributed by atoms with Crippen LogP contribution in [0.5, 0.6) is 0 Å². The molecule has 0 aliphatic rings. The molecule has 3 nitrogen and oxygen atoms in total. The molecule has 0 amide bonds. The Labute approximate surface area is 93.8 Å². The first-order chi connectivity index (χ1) is 6.77. The molecule has 0 aromatic heterocycles. The molecule has 0 saturated heterocycles. The van der Waals surface area contributed by atoms with E-state index >= 15 is 0 Å². The van der Waals surface area contributed by atoms with Gasteiger partial charge in [0.15, 0.2) is 0 Å². The van der Waals surface area contributed by atoms with E-state index in [-0.39, 0.29) is 17.5 Å². The molecule has 0 bridgehead atoms. The maximum absolute atomic E-state index is 11.5. The minimum Gasteiger partial charge on any atom is -0.462 e. The van der Waals surface area contributed by atoms with Crippen LogP contribution in [-0.4, -0.2) is 37.6 Å². The Hall–Kier alpha value is -0.570. The molecule has 0 rings (SSSR count).